The monoisotopic (exact) mass is 272 g/mol. The van der Waals surface area contributed by atoms with Crippen molar-refractivity contribution in [3.05, 3.63) is 0 Å². The van der Waals surface area contributed by atoms with Crippen LogP contribution in [0, 0.1) is 5.92 Å². The van der Waals surface area contributed by atoms with Crippen LogP contribution in [0.4, 0.5) is 0 Å². The van der Waals surface area contributed by atoms with Crippen molar-refractivity contribution in [3.8, 4) is 0 Å². The van der Waals surface area contributed by atoms with Gasteiger partial charge >= 0.3 is 5.97 Å². The second kappa shape index (κ2) is 6.01. The third kappa shape index (κ3) is 3.44. The van der Waals surface area contributed by atoms with Crippen molar-refractivity contribution >= 4 is 17.8 Å². The normalized spacial score (nSPS) is 22.2. The molecule has 0 saturated carbocycles. The quantitative estimate of drug-likeness (QED) is 0.677. The first-order chi connectivity index (χ1) is 8.84. The highest BCUT2D eigenvalue weighted by Gasteiger charge is 2.40. The Morgan fingerprint density at radius 1 is 1.58 bits per heavy atom. The highest BCUT2D eigenvalue weighted by molar-refractivity contribution is 5.92. The molecule has 1 heterocycles. The fourth-order valence-electron chi connectivity index (χ4n) is 2.07. The van der Waals surface area contributed by atoms with Crippen molar-refractivity contribution in [1.82, 2.24) is 10.2 Å². The van der Waals surface area contributed by atoms with E-state index in [4.69, 9.17) is 9.84 Å². The minimum Gasteiger partial charge on any atom is -0.479 e. The summed E-state index contributed by atoms with van der Waals surface area (Å²) in [5.41, 5.74) is -1.48. The minimum atomic E-state index is -1.48. The van der Waals surface area contributed by atoms with E-state index in [0.29, 0.717) is 13.1 Å². The maximum atomic E-state index is 12.0. The Morgan fingerprint density at radius 2 is 2.21 bits per heavy atom. The van der Waals surface area contributed by atoms with Crippen LogP contribution in [0.1, 0.15) is 20.3 Å². The van der Waals surface area contributed by atoms with Crippen LogP contribution in [0.2, 0.25) is 0 Å². The Labute approximate surface area is 111 Å². The number of ether oxygens (including phenoxy) is 1. The Balaban J connectivity index is 2.69. The van der Waals surface area contributed by atoms with Crippen molar-refractivity contribution < 1.29 is 24.2 Å². The predicted molar refractivity (Wildman–Crippen MR) is 66.4 cm³/mol. The number of nitrogens with one attached hydrogen (secondary N) is 1. The molecule has 2 amide bonds. The summed E-state index contributed by atoms with van der Waals surface area (Å²) in [4.78, 5) is 36.3. The van der Waals surface area contributed by atoms with Gasteiger partial charge in [0.05, 0.1) is 12.5 Å². The van der Waals surface area contributed by atoms with Gasteiger partial charge in [0.1, 0.15) is 0 Å². The number of carboxylic acids is 1. The maximum Gasteiger partial charge on any atom is 0.331 e. The van der Waals surface area contributed by atoms with Crippen LogP contribution >= 0.6 is 0 Å². The number of hydrogen-bond acceptors (Lipinski definition) is 4. The van der Waals surface area contributed by atoms with E-state index in [1.165, 1.54) is 14.0 Å². The Hall–Kier alpha value is -1.63. The van der Waals surface area contributed by atoms with Crippen LogP contribution in [0.3, 0.4) is 0 Å². The first-order valence-electron chi connectivity index (χ1n) is 6.16. The topological polar surface area (TPSA) is 95.9 Å². The summed E-state index contributed by atoms with van der Waals surface area (Å²) in [6.45, 7) is 3.97. The van der Waals surface area contributed by atoms with Gasteiger partial charge in [0.25, 0.3) is 0 Å². The second-order valence-electron chi connectivity index (χ2n) is 4.89. The predicted octanol–water partition coefficient (Wildman–Crippen LogP) is -0.539. The molecule has 2 unspecified atom stereocenters. The van der Waals surface area contributed by atoms with Gasteiger partial charge < -0.3 is 20.1 Å². The molecule has 1 aliphatic rings. The summed E-state index contributed by atoms with van der Waals surface area (Å²) in [6.07, 6.45) is 0.127. The van der Waals surface area contributed by atoms with Crippen LogP contribution in [-0.4, -0.2) is 60.1 Å². The van der Waals surface area contributed by atoms with Crippen molar-refractivity contribution in [2.45, 2.75) is 25.8 Å². The zero-order valence-corrected chi connectivity index (χ0v) is 11.4. The molecule has 2 N–H and O–H groups in total. The number of hydrogen-bond donors (Lipinski definition) is 2. The molecule has 0 aromatic heterocycles. The van der Waals surface area contributed by atoms with Crippen LogP contribution in [0.25, 0.3) is 0 Å². The number of carbonyl (C=O) groups excluding carboxylic acids is 2. The molecule has 108 valence electrons. The lowest BCUT2D eigenvalue weighted by atomic mass is 10.0. The first-order valence-corrected chi connectivity index (χ1v) is 6.16. The maximum absolute atomic E-state index is 12.0. The van der Waals surface area contributed by atoms with Crippen LogP contribution in [-0.2, 0) is 19.1 Å². The molecule has 7 heteroatoms. The van der Waals surface area contributed by atoms with E-state index in [9.17, 15) is 14.4 Å². The van der Waals surface area contributed by atoms with E-state index in [2.05, 4.69) is 5.32 Å². The van der Waals surface area contributed by atoms with Crippen molar-refractivity contribution in [3.63, 3.8) is 0 Å². The summed E-state index contributed by atoms with van der Waals surface area (Å²) in [5.74, 6) is -2.17. The van der Waals surface area contributed by atoms with E-state index in [0.717, 1.165) is 0 Å². The number of methoxy groups -OCH3 is 1. The first kappa shape index (κ1) is 15.4. The summed E-state index contributed by atoms with van der Waals surface area (Å²) in [5, 5.41) is 11.6. The number of nitrogens with zero attached hydrogens (tertiary/aromatic N) is 1. The van der Waals surface area contributed by atoms with Gasteiger partial charge in [0.15, 0.2) is 5.54 Å². The Morgan fingerprint density at radius 3 is 2.63 bits per heavy atom. The van der Waals surface area contributed by atoms with E-state index < -0.39 is 23.3 Å². The molecule has 0 radical (unpaired) electrons. The standard InChI is InChI=1S/C12H20N2O5/c1-4-14-6-8(5-9(14)15)10(16)13-12(2,7-19-3)11(17)18/h8H,4-7H2,1-3H3,(H,13,16)(H,17,18). The molecule has 1 aliphatic heterocycles. The third-order valence-corrected chi connectivity index (χ3v) is 3.27. The molecule has 1 saturated heterocycles. The number of rotatable bonds is 6. The lowest BCUT2D eigenvalue weighted by molar-refractivity contribution is -0.149. The number of aliphatic carboxylic acids is 1. The molecule has 1 fully saturated rings. The van der Waals surface area contributed by atoms with E-state index in [1.54, 1.807) is 4.90 Å². The van der Waals surface area contributed by atoms with Gasteiger partial charge in [-0.15, -0.1) is 0 Å². The molecule has 0 aromatic carbocycles. The second-order valence-corrected chi connectivity index (χ2v) is 4.89. The lowest BCUT2D eigenvalue weighted by Crippen LogP contribution is -2.56. The van der Waals surface area contributed by atoms with Crippen molar-refractivity contribution in [2.24, 2.45) is 5.92 Å². The van der Waals surface area contributed by atoms with Crippen molar-refractivity contribution in [1.29, 1.82) is 0 Å². The SMILES string of the molecule is CCN1CC(C(=O)NC(C)(COC)C(=O)O)CC1=O. The molecule has 19 heavy (non-hydrogen) atoms. The summed E-state index contributed by atoms with van der Waals surface area (Å²) < 4.78 is 4.82. The molecular formula is C12H20N2O5. The molecule has 0 aromatic rings. The molecule has 0 aliphatic carbocycles. The van der Waals surface area contributed by atoms with E-state index in [-0.39, 0.29) is 18.9 Å². The van der Waals surface area contributed by atoms with Gasteiger partial charge in [-0.05, 0) is 13.8 Å². The number of carbonyl (C=O) groups is 3. The van der Waals surface area contributed by atoms with Gasteiger partial charge in [0.2, 0.25) is 11.8 Å². The van der Waals surface area contributed by atoms with E-state index in [1.807, 2.05) is 6.92 Å². The Bertz CT molecular complexity index is 384. The minimum absolute atomic E-state index is 0.0774. The average molecular weight is 272 g/mol. The lowest BCUT2D eigenvalue weighted by Gasteiger charge is -2.26. The summed E-state index contributed by atoms with van der Waals surface area (Å²) in [7, 11) is 1.37. The van der Waals surface area contributed by atoms with E-state index >= 15 is 0 Å². The highest BCUT2D eigenvalue weighted by Crippen LogP contribution is 2.18. The number of amides is 2. The van der Waals surface area contributed by atoms with Crippen LogP contribution in [0.5, 0.6) is 0 Å². The van der Waals surface area contributed by atoms with Gasteiger partial charge in [0, 0.05) is 26.6 Å². The van der Waals surface area contributed by atoms with Gasteiger partial charge in [-0.1, -0.05) is 0 Å². The third-order valence-electron chi connectivity index (χ3n) is 3.27. The van der Waals surface area contributed by atoms with Crippen molar-refractivity contribution in [2.75, 3.05) is 26.8 Å². The van der Waals surface area contributed by atoms with Gasteiger partial charge in [-0.3, -0.25) is 9.59 Å². The molecule has 2 atom stereocenters. The molecule has 0 bridgehead atoms. The number of carboxylic acid groups (broad SMARTS) is 1. The van der Waals surface area contributed by atoms with Gasteiger partial charge in [-0.2, -0.15) is 0 Å². The van der Waals surface area contributed by atoms with Crippen LogP contribution in [0.15, 0.2) is 0 Å². The highest BCUT2D eigenvalue weighted by atomic mass is 16.5. The smallest absolute Gasteiger partial charge is 0.331 e. The summed E-state index contributed by atoms with van der Waals surface area (Å²) in [6, 6.07) is 0. The Kier molecular flexibility index (Phi) is 4.88. The zero-order valence-electron chi connectivity index (χ0n) is 11.4. The fraction of sp³-hybridized carbons (Fsp3) is 0.750. The summed E-state index contributed by atoms with van der Waals surface area (Å²) >= 11 is 0. The number of likely N-dealkylation sites (tertiary alicyclic amines) is 1. The zero-order chi connectivity index (χ0) is 14.6. The van der Waals surface area contributed by atoms with Gasteiger partial charge in [-0.25, -0.2) is 4.79 Å². The molecule has 1 rings (SSSR count). The molecular weight excluding hydrogens is 252 g/mol. The fourth-order valence-corrected chi connectivity index (χ4v) is 2.07. The molecule has 7 nitrogen and oxygen atoms in total. The van der Waals surface area contributed by atoms with Crippen LogP contribution < -0.4 is 5.32 Å². The largest absolute Gasteiger partial charge is 0.479 e. The molecule has 0 spiro atoms. The average Bonchev–Trinajstić information content (AvgIpc) is 2.70.